The van der Waals surface area contributed by atoms with Crippen LogP contribution in [0.3, 0.4) is 0 Å². The molecule has 3 aliphatic rings. The average Bonchev–Trinajstić information content (AvgIpc) is 2.62. The van der Waals surface area contributed by atoms with Gasteiger partial charge in [0, 0.05) is 0 Å². The highest BCUT2D eigenvalue weighted by atomic mass is 16.5. The lowest BCUT2D eigenvalue weighted by molar-refractivity contribution is -0.129. The van der Waals surface area contributed by atoms with Gasteiger partial charge in [-0.2, -0.15) is 0 Å². The number of amides is 2. The van der Waals surface area contributed by atoms with Crippen molar-refractivity contribution < 1.29 is 14.3 Å². The van der Waals surface area contributed by atoms with Crippen molar-refractivity contribution in [1.29, 1.82) is 0 Å². The molecular formula is C9H9NO3. The lowest BCUT2D eigenvalue weighted by atomic mass is 9.78. The number of hydrogen-bond acceptors (Lipinski definition) is 3. The van der Waals surface area contributed by atoms with E-state index in [1.807, 2.05) is 19.1 Å². The number of hydrogen-bond donors (Lipinski definition) is 1. The molecule has 4 nitrogen and oxygen atoms in total. The van der Waals surface area contributed by atoms with Crippen LogP contribution >= 0.6 is 0 Å². The fourth-order valence-electron chi connectivity index (χ4n) is 2.58. The summed E-state index contributed by atoms with van der Waals surface area (Å²) in [7, 11) is 0. The summed E-state index contributed by atoms with van der Waals surface area (Å²) in [5.74, 6) is -0.977. The van der Waals surface area contributed by atoms with Gasteiger partial charge in [-0.1, -0.05) is 12.2 Å². The molecule has 0 spiro atoms. The molecular weight excluding hydrogens is 170 g/mol. The van der Waals surface area contributed by atoms with Gasteiger partial charge in [-0.05, 0) is 6.92 Å². The van der Waals surface area contributed by atoms with Gasteiger partial charge < -0.3 is 4.74 Å². The van der Waals surface area contributed by atoms with E-state index in [0.717, 1.165) is 0 Å². The van der Waals surface area contributed by atoms with Crippen LogP contribution in [-0.2, 0) is 14.3 Å². The Hall–Kier alpha value is -1.16. The number of carbonyl (C=O) groups excluding carboxylic acids is 2. The zero-order valence-electron chi connectivity index (χ0n) is 7.11. The normalized spacial score (nSPS) is 51.3. The molecule has 1 N–H and O–H groups in total. The minimum atomic E-state index is -0.550. The predicted molar refractivity (Wildman–Crippen MR) is 42.5 cm³/mol. The maximum Gasteiger partial charge on any atom is 0.233 e. The van der Waals surface area contributed by atoms with E-state index in [1.165, 1.54) is 0 Å². The van der Waals surface area contributed by atoms with Crippen LogP contribution in [0.5, 0.6) is 0 Å². The molecule has 2 fully saturated rings. The van der Waals surface area contributed by atoms with Crippen LogP contribution in [0.4, 0.5) is 0 Å². The summed E-state index contributed by atoms with van der Waals surface area (Å²) in [6, 6.07) is 0. The number of imide groups is 1. The molecule has 0 unspecified atom stereocenters. The average molecular weight is 179 g/mol. The number of fused-ring (bicyclic) bond motifs is 5. The van der Waals surface area contributed by atoms with Crippen molar-refractivity contribution in [1.82, 2.24) is 5.32 Å². The summed E-state index contributed by atoms with van der Waals surface area (Å²) in [5, 5.41) is 2.35. The van der Waals surface area contributed by atoms with Crippen LogP contribution in [0, 0.1) is 11.8 Å². The third kappa shape index (κ3) is 0.659. The first kappa shape index (κ1) is 7.26. The van der Waals surface area contributed by atoms with Crippen LogP contribution in [0.25, 0.3) is 0 Å². The molecule has 68 valence electrons. The van der Waals surface area contributed by atoms with Crippen LogP contribution < -0.4 is 5.32 Å². The van der Waals surface area contributed by atoms with Crippen molar-refractivity contribution in [3.8, 4) is 0 Å². The molecule has 13 heavy (non-hydrogen) atoms. The van der Waals surface area contributed by atoms with E-state index in [4.69, 9.17) is 4.74 Å². The van der Waals surface area contributed by atoms with Gasteiger partial charge in [-0.3, -0.25) is 14.9 Å². The van der Waals surface area contributed by atoms with E-state index >= 15 is 0 Å². The summed E-state index contributed by atoms with van der Waals surface area (Å²) in [6.07, 6.45) is 3.57. The molecule has 2 amide bonds. The maximum absolute atomic E-state index is 11.4. The third-order valence-corrected chi connectivity index (χ3v) is 3.17. The summed E-state index contributed by atoms with van der Waals surface area (Å²) < 4.78 is 5.57. The molecule has 0 aliphatic carbocycles. The number of ether oxygens (including phenoxy) is 1. The number of carbonyl (C=O) groups is 2. The first-order valence-corrected chi connectivity index (χ1v) is 4.34. The summed E-state index contributed by atoms with van der Waals surface area (Å²) >= 11 is 0. The molecule has 0 radical (unpaired) electrons. The molecule has 2 bridgehead atoms. The van der Waals surface area contributed by atoms with Gasteiger partial charge in [-0.25, -0.2) is 0 Å². The molecule has 2 saturated heterocycles. The second-order valence-corrected chi connectivity index (χ2v) is 3.98. The van der Waals surface area contributed by atoms with E-state index in [2.05, 4.69) is 5.32 Å². The fourth-order valence-corrected chi connectivity index (χ4v) is 2.58. The zero-order chi connectivity index (χ0) is 9.22. The standard InChI is InChI=1S/C9H9NO3/c1-9-3-2-4(13-9)5-6(9)8(12)10-7(5)11/h2-6H,1H3,(H,10,11,12)/t4-,5+,6+,9+/m1/s1. The van der Waals surface area contributed by atoms with Crippen molar-refractivity contribution in [2.45, 2.75) is 18.6 Å². The van der Waals surface area contributed by atoms with Crippen molar-refractivity contribution in [3.05, 3.63) is 12.2 Å². The van der Waals surface area contributed by atoms with E-state index in [9.17, 15) is 9.59 Å². The Balaban J connectivity index is 2.13. The second kappa shape index (κ2) is 1.85. The highest BCUT2D eigenvalue weighted by molar-refractivity contribution is 6.07. The largest absolute Gasteiger partial charge is 0.362 e. The molecule has 3 aliphatic heterocycles. The molecule has 0 saturated carbocycles. The van der Waals surface area contributed by atoms with Crippen molar-refractivity contribution in [2.24, 2.45) is 11.8 Å². The van der Waals surface area contributed by atoms with E-state index in [1.54, 1.807) is 0 Å². The quantitative estimate of drug-likeness (QED) is 0.406. The van der Waals surface area contributed by atoms with Crippen molar-refractivity contribution in [2.75, 3.05) is 0 Å². The Labute approximate surface area is 74.9 Å². The molecule has 4 heteroatoms. The molecule has 4 atom stereocenters. The smallest absolute Gasteiger partial charge is 0.233 e. The molecule has 0 aromatic rings. The minimum absolute atomic E-state index is 0.187. The Bertz CT molecular complexity index is 349. The van der Waals surface area contributed by atoms with Gasteiger partial charge in [0.2, 0.25) is 11.8 Å². The first-order valence-electron chi connectivity index (χ1n) is 4.34. The van der Waals surface area contributed by atoms with Crippen LogP contribution in [0.1, 0.15) is 6.92 Å². The Kier molecular flexibility index (Phi) is 1.03. The van der Waals surface area contributed by atoms with Gasteiger partial charge >= 0.3 is 0 Å². The van der Waals surface area contributed by atoms with Crippen LogP contribution in [0.2, 0.25) is 0 Å². The summed E-state index contributed by atoms with van der Waals surface area (Å²) in [6.45, 7) is 1.85. The Morgan fingerprint density at radius 2 is 2.23 bits per heavy atom. The molecule has 0 aromatic heterocycles. The minimum Gasteiger partial charge on any atom is -0.362 e. The zero-order valence-corrected chi connectivity index (χ0v) is 7.11. The highest BCUT2D eigenvalue weighted by Gasteiger charge is 2.63. The first-order chi connectivity index (χ1) is 6.12. The topological polar surface area (TPSA) is 55.4 Å². The lowest BCUT2D eigenvalue weighted by Gasteiger charge is -2.21. The fraction of sp³-hybridized carbons (Fsp3) is 0.556. The van der Waals surface area contributed by atoms with Gasteiger partial charge in [0.25, 0.3) is 0 Å². The number of rotatable bonds is 0. The Morgan fingerprint density at radius 1 is 1.46 bits per heavy atom. The highest BCUT2D eigenvalue weighted by Crippen LogP contribution is 2.48. The van der Waals surface area contributed by atoms with E-state index in [0.29, 0.717) is 0 Å². The SMILES string of the molecule is C[C@@]12C=C[C@@H](O1)[C@@H]1C(=O)NC(=O)[C@H]12. The number of nitrogens with one attached hydrogen (secondary N) is 1. The van der Waals surface area contributed by atoms with Crippen LogP contribution in [-0.4, -0.2) is 23.5 Å². The van der Waals surface area contributed by atoms with E-state index in [-0.39, 0.29) is 29.8 Å². The van der Waals surface area contributed by atoms with Crippen molar-refractivity contribution >= 4 is 11.8 Å². The molecule has 3 heterocycles. The van der Waals surface area contributed by atoms with Gasteiger partial charge in [0.1, 0.15) is 0 Å². The van der Waals surface area contributed by atoms with Gasteiger partial charge in [-0.15, -0.1) is 0 Å². The van der Waals surface area contributed by atoms with Gasteiger partial charge in [0.15, 0.2) is 0 Å². The molecule has 0 aromatic carbocycles. The molecule has 3 rings (SSSR count). The van der Waals surface area contributed by atoms with Crippen LogP contribution in [0.15, 0.2) is 12.2 Å². The Morgan fingerprint density at radius 3 is 2.92 bits per heavy atom. The summed E-state index contributed by atoms with van der Waals surface area (Å²) in [5.41, 5.74) is -0.550. The van der Waals surface area contributed by atoms with E-state index < -0.39 is 5.60 Å². The van der Waals surface area contributed by atoms with Gasteiger partial charge in [0.05, 0.1) is 23.5 Å². The maximum atomic E-state index is 11.4. The lowest BCUT2D eigenvalue weighted by Crippen LogP contribution is -2.36. The third-order valence-electron chi connectivity index (χ3n) is 3.17. The monoisotopic (exact) mass is 179 g/mol. The predicted octanol–water partition coefficient (Wildman–Crippen LogP) is -0.398. The second-order valence-electron chi connectivity index (χ2n) is 3.98. The summed E-state index contributed by atoms with van der Waals surface area (Å²) in [4.78, 5) is 22.8. The van der Waals surface area contributed by atoms with Crippen molar-refractivity contribution in [3.63, 3.8) is 0 Å².